The molecule has 0 heterocycles. The molecule has 0 aromatic rings. The molecule has 0 bridgehead atoms. The maximum atomic E-state index is 12.8. The minimum atomic E-state index is -0.767. The molecule has 62 heavy (non-hydrogen) atoms. The lowest BCUT2D eigenvalue weighted by Gasteiger charge is -2.18. The van der Waals surface area contributed by atoms with Crippen molar-refractivity contribution in [1.82, 2.24) is 0 Å². The molecule has 0 amide bonds. The number of allylic oxidation sites excluding steroid dienone is 2. The molecule has 0 fully saturated rings. The van der Waals surface area contributed by atoms with Crippen molar-refractivity contribution in [2.24, 2.45) is 0 Å². The molecule has 0 radical (unpaired) electrons. The maximum Gasteiger partial charge on any atom is 0.306 e. The summed E-state index contributed by atoms with van der Waals surface area (Å²) in [5.41, 5.74) is 0. The number of rotatable bonds is 51. The largest absolute Gasteiger partial charge is 0.462 e. The zero-order valence-electron chi connectivity index (χ0n) is 41.9. The number of esters is 3. The first-order chi connectivity index (χ1) is 30.5. The predicted octanol–water partition coefficient (Wildman–Crippen LogP) is 18.2. The van der Waals surface area contributed by atoms with Crippen molar-refractivity contribution in [3.05, 3.63) is 12.2 Å². The summed E-state index contributed by atoms with van der Waals surface area (Å²) in [4.78, 5) is 37.9. The number of unbranched alkanes of at least 4 members (excludes halogenated alkanes) is 38. The van der Waals surface area contributed by atoms with Gasteiger partial charge in [-0.3, -0.25) is 14.4 Å². The monoisotopic (exact) mass is 875 g/mol. The zero-order chi connectivity index (χ0) is 45.1. The molecule has 0 saturated carbocycles. The number of carbonyl (C=O) groups excluding carboxylic acids is 3. The van der Waals surface area contributed by atoms with Crippen molar-refractivity contribution < 1.29 is 28.6 Å². The van der Waals surface area contributed by atoms with Crippen LogP contribution in [0.2, 0.25) is 0 Å². The fourth-order valence-corrected chi connectivity index (χ4v) is 8.32. The highest BCUT2D eigenvalue weighted by Gasteiger charge is 2.19. The Bertz CT molecular complexity index is 962. The minimum absolute atomic E-state index is 0.0681. The third kappa shape index (κ3) is 49.2. The van der Waals surface area contributed by atoms with Gasteiger partial charge in [-0.1, -0.05) is 258 Å². The van der Waals surface area contributed by atoms with Crippen molar-refractivity contribution >= 4 is 17.9 Å². The van der Waals surface area contributed by atoms with E-state index in [0.29, 0.717) is 19.3 Å². The van der Waals surface area contributed by atoms with E-state index in [1.807, 2.05) is 0 Å². The molecule has 0 aliphatic rings. The van der Waals surface area contributed by atoms with E-state index in [1.165, 1.54) is 205 Å². The fourth-order valence-electron chi connectivity index (χ4n) is 8.32. The average molecular weight is 875 g/mol. The molecule has 0 spiro atoms. The van der Waals surface area contributed by atoms with Gasteiger partial charge in [0.15, 0.2) is 6.10 Å². The van der Waals surface area contributed by atoms with Crippen molar-refractivity contribution in [2.75, 3.05) is 13.2 Å². The van der Waals surface area contributed by atoms with Gasteiger partial charge >= 0.3 is 17.9 Å². The maximum absolute atomic E-state index is 12.8. The SMILES string of the molecule is CCCCCCC/C=C\CCCCCCCC(=O)OC(COC(=O)CCCCCCCCCCC)COC(=O)CCCCCCCCCCCCCCCCCCCCCCC. The Kier molecular flexibility index (Phi) is 50.2. The van der Waals surface area contributed by atoms with Crippen molar-refractivity contribution in [3.8, 4) is 0 Å². The van der Waals surface area contributed by atoms with E-state index in [1.54, 1.807) is 0 Å². The summed E-state index contributed by atoms with van der Waals surface area (Å²) in [6.07, 6.45) is 57.8. The van der Waals surface area contributed by atoms with Crippen LogP contribution in [0.3, 0.4) is 0 Å². The van der Waals surface area contributed by atoms with Crippen LogP contribution in [0.15, 0.2) is 12.2 Å². The second kappa shape index (κ2) is 51.8. The van der Waals surface area contributed by atoms with Crippen LogP contribution >= 0.6 is 0 Å². The Morgan fingerprint density at radius 2 is 0.532 bits per heavy atom. The smallest absolute Gasteiger partial charge is 0.306 e. The average Bonchev–Trinajstić information content (AvgIpc) is 3.27. The molecule has 1 unspecified atom stereocenters. The molecule has 6 nitrogen and oxygen atoms in total. The first kappa shape index (κ1) is 60.2. The second-order valence-corrected chi connectivity index (χ2v) is 18.9. The Balaban J connectivity index is 4.20. The highest BCUT2D eigenvalue weighted by molar-refractivity contribution is 5.71. The molecule has 0 aliphatic heterocycles. The third-order valence-electron chi connectivity index (χ3n) is 12.5. The van der Waals surface area contributed by atoms with E-state index in [9.17, 15) is 14.4 Å². The lowest BCUT2D eigenvalue weighted by atomic mass is 10.0. The molecular weight excluding hydrogens is 769 g/mol. The molecule has 1 atom stereocenters. The van der Waals surface area contributed by atoms with E-state index in [0.717, 1.165) is 64.2 Å². The van der Waals surface area contributed by atoms with Crippen LogP contribution in [0.4, 0.5) is 0 Å². The van der Waals surface area contributed by atoms with Gasteiger partial charge in [0.25, 0.3) is 0 Å². The van der Waals surface area contributed by atoms with Crippen LogP contribution in [0.5, 0.6) is 0 Å². The second-order valence-electron chi connectivity index (χ2n) is 18.9. The summed E-state index contributed by atoms with van der Waals surface area (Å²) in [7, 11) is 0. The fraction of sp³-hybridized carbons (Fsp3) is 0.911. The number of hydrogen-bond acceptors (Lipinski definition) is 6. The molecule has 6 heteroatoms. The van der Waals surface area contributed by atoms with Crippen molar-refractivity contribution in [1.29, 1.82) is 0 Å². The third-order valence-corrected chi connectivity index (χ3v) is 12.5. The predicted molar refractivity (Wildman–Crippen MR) is 266 cm³/mol. The number of carbonyl (C=O) groups is 3. The zero-order valence-corrected chi connectivity index (χ0v) is 41.9. The summed E-state index contributed by atoms with van der Waals surface area (Å²) in [5.74, 6) is -0.860. The van der Waals surface area contributed by atoms with Crippen LogP contribution in [0, 0.1) is 0 Å². The molecule has 0 rings (SSSR count). The first-order valence-corrected chi connectivity index (χ1v) is 27.7. The van der Waals surface area contributed by atoms with Crippen LogP contribution in [0.25, 0.3) is 0 Å². The van der Waals surface area contributed by atoms with Gasteiger partial charge < -0.3 is 14.2 Å². The van der Waals surface area contributed by atoms with Crippen molar-refractivity contribution in [3.63, 3.8) is 0 Å². The van der Waals surface area contributed by atoms with Gasteiger partial charge in [0.05, 0.1) is 0 Å². The van der Waals surface area contributed by atoms with E-state index >= 15 is 0 Å². The van der Waals surface area contributed by atoms with Gasteiger partial charge in [0.2, 0.25) is 0 Å². The summed E-state index contributed by atoms with van der Waals surface area (Å²) < 4.78 is 16.8. The van der Waals surface area contributed by atoms with Gasteiger partial charge in [0.1, 0.15) is 13.2 Å². The normalized spacial score (nSPS) is 12.0. The molecule has 0 aliphatic carbocycles. The molecule has 0 saturated heterocycles. The highest BCUT2D eigenvalue weighted by atomic mass is 16.6. The summed E-state index contributed by atoms with van der Waals surface area (Å²) in [6.45, 7) is 6.65. The van der Waals surface area contributed by atoms with E-state index in [4.69, 9.17) is 14.2 Å². The first-order valence-electron chi connectivity index (χ1n) is 27.7. The Morgan fingerprint density at radius 3 is 0.806 bits per heavy atom. The quantitative estimate of drug-likeness (QED) is 0.0262. The van der Waals surface area contributed by atoms with Crippen LogP contribution < -0.4 is 0 Å². The Hall–Kier alpha value is -1.85. The number of hydrogen-bond donors (Lipinski definition) is 0. The lowest BCUT2D eigenvalue weighted by molar-refractivity contribution is -0.167. The summed E-state index contributed by atoms with van der Waals surface area (Å²) >= 11 is 0. The van der Waals surface area contributed by atoms with E-state index < -0.39 is 6.10 Å². The van der Waals surface area contributed by atoms with Gasteiger partial charge in [0, 0.05) is 19.3 Å². The van der Waals surface area contributed by atoms with Crippen molar-refractivity contribution in [2.45, 2.75) is 316 Å². The molecule has 366 valence electrons. The molecular formula is C56H106O6. The molecule has 0 N–H and O–H groups in total. The number of ether oxygens (including phenoxy) is 3. The standard InChI is InChI=1S/C56H106O6/c1-4-7-10-13-16-19-21-23-25-26-27-28-29-30-31-33-34-37-40-43-46-49-55(58)61-52-53(51-60-54(57)48-45-42-39-36-18-15-12-9-6-3)62-56(59)50-47-44-41-38-35-32-24-22-20-17-14-11-8-5-2/h22,24,53H,4-21,23,25-52H2,1-3H3/b24-22-. The van der Waals surface area contributed by atoms with Crippen LogP contribution in [0.1, 0.15) is 310 Å². The van der Waals surface area contributed by atoms with Gasteiger partial charge in [-0.2, -0.15) is 0 Å². The Morgan fingerprint density at radius 1 is 0.306 bits per heavy atom. The van der Waals surface area contributed by atoms with Crippen LogP contribution in [-0.2, 0) is 28.6 Å². The van der Waals surface area contributed by atoms with Gasteiger partial charge in [-0.05, 0) is 44.9 Å². The van der Waals surface area contributed by atoms with Crippen LogP contribution in [-0.4, -0.2) is 37.2 Å². The lowest BCUT2D eigenvalue weighted by Crippen LogP contribution is -2.30. The summed E-state index contributed by atoms with van der Waals surface area (Å²) in [5, 5.41) is 0. The Labute approximate surface area is 386 Å². The highest BCUT2D eigenvalue weighted by Crippen LogP contribution is 2.17. The summed E-state index contributed by atoms with van der Waals surface area (Å²) in [6, 6.07) is 0. The van der Waals surface area contributed by atoms with Gasteiger partial charge in [-0.15, -0.1) is 0 Å². The molecule has 0 aromatic heterocycles. The topological polar surface area (TPSA) is 78.9 Å². The van der Waals surface area contributed by atoms with E-state index in [2.05, 4.69) is 32.9 Å². The van der Waals surface area contributed by atoms with Gasteiger partial charge in [-0.25, -0.2) is 0 Å². The van der Waals surface area contributed by atoms with E-state index in [-0.39, 0.29) is 31.1 Å². The minimum Gasteiger partial charge on any atom is -0.462 e. The molecule has 0 aromatic carbocycles.